The molecule has 0 fully saturated rings. The molecule has 5 heteroatoms. The Morgan fingerprint density at radius 2 is 1.92 bits per heavy atom. The van der Waals surface area contributed by atoms with Gasteiger partial charge in [-0.15, -0.1) is 0 Å². The average molecular weight is 340 g/mol. The Bertz CT molecular complexity index is 1030. The minimum Gasteiger partial charge on any atom is -0.489 e. The quantitative estimate of drug-likeness (QED) is 0.524. The molecule has 0 spiro atoms. The summed E-state index contributed by atoms with van der Waals surface area (Å²) in [6, 6.07) is 9.28. The van der Waals surface area contributed by atoms with Gasteiger partial charge in [-0.05, 0) is 44.0 Å². The Labute approximate surface area is 143 Å². The summed E-state index contributed by atoms with van der Waals surface area (Å²) in [5, 5.41) is 0.781. The molecule has 0 bridgehead atoms. The number of carbonyl (C=O) groups is 1. The Kier molecular flexibility index (Phi) is 4.40. The molecule has 0 aliphatic heterocycles. The highest BCUT2D eigenvalue weighted by Crippen LogP contribution is 2.25. The first-order chi connectivity index (χ1) is 11.9. The van der Waals surface area contributed by atoms with Gasteiger partial charge in [-0.25, -0.2) is 9.18 Å². The highest BCUT2D eigenvalue weighted by molar-refractivity contribution is 5.94. The van der Waals surface area contributed by atoms with E-state index >= 15 is 0 Å². The summed E-state index contributed by atoms with van der Waals surface area (Å²) < 4.78 is 24.8. The molecule has 1 aromatic heterocycles. The number of Topliss-reactive ketones (excluding diaryl/α,β-unsaturated/α-hetero) is 1. The largest absolute Gasteiger partial charge is 0.489 e. The van der Waals surface area contributed by atoms with Gasteiger partial charge in [0, 0.05) is 23.1 Å². The Hall–Kier alpha value is -2.95. The van der Waals surface area contributed by atoms with Crippen molar-refractivity contribution in [1.29, 1.82) is 0 Å². The van der Waals surface area contributed by atoms with E-state index in [2.05, 4.69) is 0 Å². The zero-order chi connectivity index (χ0) is 18.1. The van der Waals surface area contributed by atoms with Crippen molar-refractivity contribution < 1.29 is 18.3 Å². The Balaban J connectivity index is 1.94. The molecular formula is C20H17FO4. The summed E-state index contributed by atoms with van der Waals surface area (Å²) in [7, 11) is 0. The Morgan fingerprint density at radius 3 is 2.60 bits per heavy atom. The summed E-state index contributed by atoms with van der Waals surface area (Å²) >= 11 is 0. The maximum atomic E-state index is 13.9. The minimum atomic E-state index is -0.631. The van der Waals surface area contributed by atoms with E-state index in [1.165, 1.54) is 31.2 Å². The average Bonchev–Trinajstić information content (AvgIpc) is 2.56. The highest BCUT2D eigenvalue weighted by Gasteiger charge is 2.12. The number of aryl methyl sites for hydroxylation is 2. The first-order valence-corrected chi connectivity index (χ1v) is 7.83. The molecule has 0 amide bonds. The fraction of sp³-hybridized carbons (Fsp3) is 0.200. The summed E-state index contributed by atoms with van der Waals surface area (Å²) in [5.74, 6) is -0.691. The lowest BCUT2D eigenvalue weighted by Gasteiger charge is -2.11. The molecule has 0 aliphatic carbocycles. The maximum absolute atomic E-state index is 13.9. The lowest BCUT2D eigenvalue weighted by Crippen LogP contribution is -2.05. The van der Waals surface area contributed by atoms with Crippen molar-refractivity contribution in [2.24, 2.45) is 0 Å². The van der Waals surface area contributed by atoms with Crippen LogP contribution in [0.4, 0.5) is 4.39 Å². The van der Waals surface area contributed by atoms with Crippen LogP contribution in [0.25, 0.3) is 11.0 Å². The topological polar surface area (TPSA) is 56.5 Å². The number of halogens is 1. The fourth-order valence-electron chi connectivity index (χ4n) is 2.68. The van der Waals surface area contributed by atoms with Crippen LogP contribution >= 0.6 is 0 Å². The first-order valence-electron chi connectivity index (χ1n) is 7.83. The molecule has 128 valence electrons. The van der Waals surface area contributed by atoms with Gasteiger partial charge in [0.05, 0.1) is 5.56 Å². The van der Waals surface area contributed by atoms with Gasteiger partial charge in [-0.1, -0.05) is 12.1 Å². The number of fused-ring (bicyclic) bond motifs is 1. The van der Waals surface area contributed by atoms with Gasteiger partial charge in [-0.2, -0.15) is 0 Å². The third-order valence-electron chi connectivity index (χ3n) is 4.23. The second kappa shape index (κ2) is 6.51. The van der Waals surface area contributed by atoms with Crippen LogP contribution in [0, 0.1) is 19.7 Å². The molecule has 0 unspecified atom stereocenters. The molecule has 25 heavy (non-hydrogen) atoms. The van der Waals surface area contributed by atoms with Crippen LogP contribution < -0.4 is 10.4 Å². The predicted molar refractivity (Wildman–Crippen MR) is 92.7 cm³/mol. The van der Waals surface area contributed by atoms with Crippen molar-refractivity contribution in [2.75, 3.05) is 0 Å². The number of carbonyl (C=O) groups excluding carboxylic acids is 1. The van der Waals surface area contributed by atoms with Crippen molar-refractivity contribution in [1.82, 2.24) is 0 Å². The standard InChI is InChI=1S/C20H17FO4/c1-11-4-6-17-14(8-19(23)25-20(17)12(11)2)10-24-15-5-7-16(13(3)22)18(21)9-15/h4-9H,10H2,1-3H3. The maximum Gasteiger partial charge on any atom is 0.336 e. The predicted octanol–water partition coefficient (Wildman–Crippen LogP) is 4.33. The van der Waals surface area contributed by atoms with Gasteiger partial charge >= 0.3 is 5.63 Å². The van der Waals surface area contributed by atoms with E-state index in [1.807, 2.05) is 26.0 Å². The zero-order valence-corrected chi connectivity index (χ0v) is 14.2. The summed E-state index contributed by atoms with van der Waals surface area (Å²) in [4.78, 5) is 23.1. The molecular weight excluding hydrogens is 323 g/mol. The molecule has 2 aromatic carbocycles. The number of ether oxygens (including phenoxy) is 1. The minimum absolute atomic E-state index is 0.0178. The van der Waals surface area contributed by atoms with Gasteiger partial charge < -0.3 is 9.15 Å². The van der Waals surface area contributed by atoms with Crippen molar-refractivity contribution in [3.05, 3.63) is 74.9 Å². The van der Waals surface area contributed by atoms with Gasteiger partial charge in [0.2, 0.25) is 0 Å². The number of benzene rings is 2. The van der Waals surface area contributed by atoms with Crippen LogP contribution in [0.3, 0.4) is 0 Å². The molecule has 0 aliphatic rings. The van der Waals surface area contributed by atoms with E-state index in [4.69, 9.17) is 9.15 Å². The molecule has 0 N–H and O–H groups in total. The van der Waals surface area contributed by atoms with Crippen LogP contribution in [0.5, 0.6) is 5.75 Å². The van der Waals surface area contributed by atoms with Crippen molar-refractivity contribution in [3.63, 3.8) is 0 Å². The summed E-state index contributed by atoms with van der Waals surface area (Å²) in [5.41, 5.74) is 2.67. The van der Waals surface area contributed by atoms with Gasteiger partial charge in [-0.3, -0.25) is 4.79 Å². The summed E-state index contributed by atoms with van der Waals surface area (Å²) in [6.07, 6.45) is 0. The van der Waals surface area contributed by atoms with E-state index in [0.29, 0.717) is 11.1 Å². The molecule has 0 saturated carbocycles. The lowest BCUT2D eigenvalue weighted by molar-refractivity contribution is 0.101. The van der Waals surface area contributed by atoms with Crippen LogP contribution in [-0.4, -0.2) is 5.78 Å². The Morgan fingerprint density at radius 1 is 1.16 bits per heavy atom. The molecule has 1 heterocycles. The van der Waals surface area contributed by atoms with E-state index in [9.17, 15) is 14.0 Å². The van der Waals surface area contributed by atoms with Crippen LogP contribution in [-0.2, 0) is 6.61 Å². The monoisotopic (exact) mass is 340 g/mol. The third kappa shape index (κ3) is 3.31. The highest BCUT2D eigenvalue weighted by atomic mass is 19.1. The van der Waals surface area contributed by atoms with Crippen LogP contribution in [0.2, 0.25) is 0 Å². The van der Waals surface area contributed by atoms with E-state index in [0.717, 1.165) is 16.5 Å². The fourth-order valence-corrected chi connectivity index (χ4v) is 2.68. The second-order valence-electron chi connectivity index (χ2n) is 5.96. The summed E-state index contributed by atoms with van der Waals surface area (Å²) in [6.45, 7) is 5.22. The van der Waals surface area contributed by atoms with Crippen molar-refractivity contribution in [3.8, 4) is 5.75 Å². The second-order valence-corrected chi connectivity index (χ2v) is 5.96. The zero-order valence-electron chi connectivity index (χ0n) is 14.2. The van der Waals surface area contributed by atoms with E-state index in [1.54, 1.807) is 0 Å². The molecule has 0 radical (unpaired) electrons. The van der Waals surface area contributed by atoms with E-state index < -0.39 is 11.4 Å². The number of ketones is 1. The molecule has 0 atom stereocenters. The van der Waals surface area contributed by atoms with E-state index in [-0.39, 0.29) is 23.7 Å². The van der Waals surface area contributed by atoms with Gasteiger partial charge in [0.1, 0.15) is 23.8 Å². The molecule has 0 saturated heterocycles. The van der Waals surface area contributed by atoms with Gasteiger partial charge in [0.15, 0.2) is 5.78 Å². The molecule has 3 rings (SSSR count). The lowest BCUT2D eigenvalue weighted by atomic mass is 10.0. The third-order valence-corrected chi connectivity index (χ3v) is 4.23. The molecule has 3 aromatic rings. The number of rotatable bonds is 4. The van der Waals surface area contributed by atoms with Gasteiger partial charge in [0.25, 0.3) is 0 Å². The smallest absolute Gasteiger partial charge is 0.336 e. The van der Waals surface area contributed by atoms with Crippen molar-refractivity contribution in [2.45, 2.75) is 27.4 Å². The number of hydrogen-bond acceptors (Lipinski definition) is 4. The number of hydrogen-bond donors (Lipinski definition) is 0. The normalized spacial score (nSPS) is 10.9. The first kappa shape index (κ1) is 16.9. The SMILES string of the molecule is CC(=O)c1ccc(OCc2cc(=O)oc3c(C)c(C)ccc23)cc1F. The van der Waals surface area contributed by atoms with Crippen molar-refractivity contribution >= 4 is 16.8 Å². The van der Waals surface area contributed by atoms with Crippen LogP contribution in [0.15, 0.2) is 45.6 Å². The molecule has 4 nitrogen and oxygen atoms in total. The van der Waals surface area contributed by atoms with Crippen LogP contribution in [0.1, 0.15) is 34.0 Å².